The van der Waals surface area contributed by atoms with Gasteiger partial charge in [-0.05, 0) is 17.7 Å². The standard InChI is InChI=1S/C21H25N5O4/c1-5-11-25-20(29)18(19(28)22-21(25)30)15-12-16(26(23-15)17(27)6-2)13-7-9-14(10-8-13)24(3)4/h5,7-10,16,29H,1,6,11-12H2,2-4H3,(H,22,28,30). The van der Waals surface area contributed by atoms with Gasteiger partial charge in [0.15, 0.2) is 0 Å². The summed E-state index contributed by atoms with van der Waals surface area (Å²) in [6.45, 7) is 5.31. The van der Waals surface area contributed by atoms with Gasteiger partial charge in [-0.25, -0.2) is 9.80 Å². The van der Waals surface area contributed by atoms with Gasteiger partial charge in [0.2, 0.25) is 11.8 Å². The Morgan fingerprint density at radius 3 is 2.57 bits per heavy atom. The van der Waals surface area contributed by atoms with E-state index in [2.05, 4.69) is 16.7 Å². The van der Waals surface area contributed by atoms with Crippen molar-refractivity contribution in [3.63, 3.8) is 0 Å². The van der Waals surface area contributed by atoms with E-state index in [-0.39, 0.29) is 36.6 Å². The highest BCUT2D eigenvalue weighted by atomic mass is 16.3. The van der Waals surface area contributed by atoms with Gasteiger partial charge in [0.1, 0.15) is 5.56 Å². The molecule has 2 heterocycles. The zero-order valence-corrected chi connectivity index (χ0v) is 17.3. The van der Waals surface area contributed by atoms with Crippen molar-refractivity contribution in [2.75, 3.05) is 19.0 Å². The third-order valence-corrected chi connectivity index (χ3v) is 5.03. The molecule has 9 nitrogen and oxygen atoms in total. The molecule has 2 aromatic rings. The van der Waals surface area contributed by atoms with Crippen molar-refractivity contribution in [2.24, 2.45) is 5.10 Å². The SMILES string of the molecule is C=CCn1c(O)c(C2=NN(C(=O)CC)C(c3ccc(N(C)C)cc3)C2)c(=O)[nH]c1=O. The second-order valence-electron chi connectivity index (χ2n) is 7.20. The first kappa shape index (κ1) is 21.1. The summed E-state index contributed by atoms with van der Waals surface area (Å²) in [5.74, 6) is -0.697. The summed E-state index contributed by atoms with van der Waals surface area (Å²) >= 11 is 0. The zero-order valence-electron chi connectivity index (χ0n) is 17.3. The van der Waals surface area contributed by atoms with Crippen molar-refractivity contribution in [3.05, 3.63) is 68.9 Å². The monoisotopic (exact) mass is 411 g/mol. The number of nitrogens with zero attached hydrogens (tertiary/aromatic N) is 4. The van der Waals surface area contributed by atoms with Crippen LogP contribution in [0.2, 0.25) is 0 Å². The van der Waals surface area contributed by atoms with E-state index in [9.17, 15) is 19.5 Å². The maximum absolute atomic E-state index is 12.5. The summed E-state index contributed by atoms with van der Waals surface area (Å²) in [6, 6.07) is 7.29. The fourth-order valence-electron chi connectivity index (χ4n) is 3.43. The molecule has 0 aliphatic carbocycles. The van der Waals surface area contributed by atoms with Crippen molar-refractivity contribution in [1.29, 1.82) is 0 Å². The molecule has 1 atom stereocenters. The molecule has 0 bridgehead atoms. The highest BCUT2D eigenvalue weighted by molar-refractivity contribution is 6.04. The van der Waals surface area contributed by atoms with E-state index in [1.54, 1.807) is 6.92 Å². The van der Waals surface area contributed by atoms with Crippen molar-refractivity contribution < 1.29 is 9.90 Å². The van der Waals surface area contributed by atoms with Gasteiger partial charge in [-0.15, -0.1) is 6.58 Å². The number of H-pyrrole nitrogens is 1. The van der Waals surface area contributed by atoms with Crippen LogP contribution < -0.4 is 16.1 Å². The molecule has 1 amide bonds. The van der Waals surface area contributed by atoms with Crippen LogP contribution >= 0.6 is 0 Å². The normalized spacial score (nSPS) is 15.8. The molecule has 1 aliphatic rings. The van der Waals surface area contributed by atoms with E-state index in [0.717, 1.165) is 15.8 Å². The van der Waals surface area contributed by atoms with Crippen LogP contribution in [0.4, 0.5) is 5.69 Å². The lowest BCUT2D eigenvalue weighted by atomic mass is 9.98. The molecule has 0 radical (unpaired) electrons. The molecule has 0 fully saturated rings. The fraction of sp³-hybridized carbons (Fsp3) is 0.333. The number of amides is 1. The van der Waals surface area contributed by atoms with Crippen molar-refractivity contribution in [3.8, 4) is 5.88 Å². The smallest absolute Gasteiger partial charge is 0.331 e. The summed E-state index contributed by atoms with van der Waals surface area (Å²) in [4.78, 5) is 41.2. The Hall–Kier alpha value is -3.62. The topological polar surface area (TPSA) is 111 Å². The number of aromatic amines is 1. The van der Waals surface area contributed by atoms with Crippen LogP contribution in [0, 0.1) is 0 Å². The Balaban J connectivity index is 2.07. The molecular weight excluding hydrogens is 386 g/mol. The van der Waals surface area contributed by atoms with E-state index >= 15 is 0 Å². The second-order valence-corrected chi connectivity index (χ2v) is 7.20. The van der Waals surface area contributed by atoms with E-state index < -0.39 is 23.2 Å². The van der Waals surface area contributed by atoms with E-state index in [1.807, 2.05) is 43.3 Å². The molecule has 1 unspecified atom stereocenters. The Bertz CT molecular complexity index is 1110. The van der Waals surface area contributed by atoms with E-state index in [4.69, 9.17) is 0 Å². The van der Waals surface area contributed by atoms with Gasteiger partial charge in [-0.2, -0.15) is 5.10 Å². The highest BCUT2D eigenvalue weighted by Crippen LogP contribution is 2.34. The maximum atomic E-state index is 12.5. The molecule has 1 aromatic carbocycles. The molecule has 158 valence electrons. The van der Waals surface area contributed by atoms with Crippen molar-refractivity contribution in [2.45, 2.75) is 32.4 Å². The molecule has 9 heteroatoms. The Labute approximate surface area is 173 Å². The van der Waals surface area contributed by atoms with E-state index in [0.29, 0.717) is 0 Å². The number of aromatic hydroxyl groups is 1. The Kier molecular flexibility index (Phi) is 5.91. The number of rotatable bonds is 6. The third-order valence-electron chi connectivity index (χ3n) is 5.03. The average molecular weight is 411 g/mol. The van der Waals surface area contributed by atoms with Gasteiger partial charge in [0.05, 0.1) is 11.8 Å². The molecule has 0 spiro atoms. The largest absolute Gasteiger partial charge is 0.494 e. The van der Waals surface area contributed by atoms with Gasteiger partial charge in [0.25, 0.3) is 5.56 Å². The van der Waals surface area contributed by atoms with Crippen molar-refractivity contribution in [1.82, 2.24) is 14.6 Å². The van der Waals surface area contributed by atoms with Crippen LogP contribution in [0.3, 0.4) is 0 Å². The predicted octanol–water partition coefficient (Wildman–Crippen LogP) is 1.58. The van der Waals surface area contributed by atoms with Gasteiger partial charge in [0, 0.05) is 39.2 Å². The number of carbonyl (C=O) groups excluding carboxylic acids is 1. The van der Waals surface area contributed by atoms with Crippen LogP contribution in [-0.2, 0) is 11.3 Å². The van der Waals surface area contributed by atoms with Gasteiger partial charge < -0.3 is 10.0 Å². The number of benzene rings is 1. The number of carbonyl (C=O) groups is 1. The number of allylic oxidation sites excluding steroid dienone is 1. The molecule has 1 aromatic heterocycles. The first-order valence-corrected chi connectivity index (χ1v) is 9.62. The molecule has 0 saturated heterocycles. The van der Waals surface area contributed by atoms with Crippen LogP contribution in [0.5, 0.6) is 5.88 Å². The van der Waals surface area contributed by atoms with Crippen LogP contribution in [0.25, 0.3) is 0 Å². The molecule has 2 N–H and O–H groups in total. The average Bonchev–Trinajstić information content (AvgIpc) is 3.15. The lowest BCUT2D eigenvalue weighted by Crippen LogP contribution is -2.33. The number of aromatic nitrogens is 2. The fourth-order valence-corrected chi connectivity index (χ4v) is 3.43. The molecule has 0 saturated carbocycles. The maximum Gasteiger partial charge on any atom is 0.331 e. The molecule has 3 rings (SSSR count). The number of hydrogen-bond acceptors (Lipinski definition) is 6. The molecule has 1 aliphatic heterocycles. The van der Waals surface area contributed by atoms with Gasteiger partial charge >= 0.3 is 5.69 Å². The zero-order chi connectivity index (χ0) is 22.0. The molecule has 30 heavy (non-hydrogen) atoms. The minimum Gasteiger partial charge on any atom is -0.494 e. The minimum atomic E-state index is -0.746. The highest BCUT2D eigenvalue weighted by Gasteiger charge is 2.35. The Morgan fingerprint density at radius 1 is 1.33 bits per heavy atom. The Morgan fingerprint density at radius 2 is 2.00 bits per heavy atom. The lowest BCUT2D eigenvalue weighted by Gasteiger charge is -2.22. The van der Waals surface area contributed by atoms with E-state index in [1.165, 1.54) is 11.1 Å². The predicted molar refractivity (Wildman–Crippen MR) is 115 cm³/mol. The number of hydrogen-bond donors (Lipinski definition) is 2. The summed E-state index contributed by atoms with van der Waals surface area (Å²) in [6.07, 6.45) is 1.90. The number of anilines is 1. The third kappa shape index (κ3) is 3.78. The summed E-state index contributed by atoms with van der Waals surface area (Å²) in [5.41, 5.74) is 0.516. The first-order valence-electron chi connectivity index (χ1n) is 9.62. The first-order chi connectivity index (χ1) is 14.3. The minimum absolute atomic E-state index is 0.0226. The quantitative estimate of drug-likeness (QED) is 0.701. The molecular formula is C21H25N5O4. The van der Waals surface area contributed by atoms with Gasteiger partial charge in [-0.3, -0.25) is 19.1 Å². The number of nitrogens with one attached hydrogen (secondary N) is 1. The lowest BCUT2D eigenvalue weighted by molar-refractivity contribution is -0.132. The summed E-state index contributed by atoms with van der Waals surface area (Å²) in [5, 5.41) is 16.3. The van der Waals surface area contributed by atoms with Gasteiger partial charge in [-0.1, -0.05) is 25.1 Å². The summed E-state index contributed by atoms with van der Waals surface area (Å²) < 4.78 is 0.997. The van der Waals surface area contributed by atoms with Crippen LogP contribution in [-0.4, -0.2) is 45.4 Å². The van der Waals surface area contributed by atoms with Crippen molar-refractivity contribution >= 4 is 17.3 Å². The second kappa shape index (κ2) is 8.40. The van der Waals surface area contributed by atoms with Crippen LogP contribution in [0.1, 0.15) is 36.9 Å². The van der Waals surface area contributed by atoms with Crippen LogP contribution in [0.15, 0.2) is 51.6 Å². The summed E-state index contributed by atoms with van der Waals surface area (Å²) in [7, 11) is 3.87. The number of hydrazone groups is 1.